The van der Waals surface area contributed by atoms with Crippen LogP contribution in [0.2, 0.25) is 0 Å². The molecule has 0 saturated carbocycles. The maximum absolute atomic E-state index is 13.0. The van der Waals surface area contributed by atoms with Crippen molar-refractivity contribution in [2.45, 2.75) is 25.5 Å². The first kappa shape index (κ1) is 15.7. The van der Waals surface area contributed by atoms with Crippen molar-refractivity contribution in [1.82, 2.24) is 4.90 Å². The Balaban J connectivity index is 1.91. The Morgan fingerprint density at radius 3 is 3.10 bits per heavy atom. The van der Waals surface area contributed by atoms with Crippen molar-refractivity contribution < 1.29 is 19.0 Å². The van der Waals surface area contributed by atoms with Crippen LogP contribution in [0.4, 0.5) is 4.39 Å². The Kier molecular flexibility index (Phi) is 5.47. The molecule has 2 atom stereocenters. The molecule has 0 radical (unpaired) electrons. The van der Waals surface area contributed by atoms with Gasteiger partial charge in [-0.05, 0) is 24.6 Å². The van der Waals surface area contributed by atoms with Gasteiger partial charge in [0.1, 0.15) is 5.82 Å². The zero-order valence-corrected chi connectivity index (χ0v) is 12.0. The molecule has 0 spiro atoms. The summed E-state index contributed by atoms with van der Waals surface area (Å²) in [5, 5.41) is 9.12. The van der Waals surface area contributed by atoms with Gasteiger partial charge in [0.05, 0.1) is 25.4 Å². The average Bonchev–Trinajstić information content (AvgIpc) is 2.47. The number of nitrogens with zero attached hydrogens (tertiary/aromatic N) is 1. The van der Waals surface area contributed by atoms with Crippen molar-refractivity contribution in [1.29, 1.82) is 0 Å². The standard InChI is InChI=1S/C16H20FNO3/c1-12-11-21-15(10-19)9-18(12)16(20)7-3-5-13-4-2-6-14(17)8-13/h2-6,8,12,15,19H,7,9-11H2,1H3/b5-3+. The van der Waals surface area contributed by atoms with Gasteiger partial charge in [-0.2, -0.15) is 0 Å². The SMILES string of the molecule is CC1COC(CO)CN1C(=O)C/C=C/c1cccc(F)c1. The molecule has 1 aliphatic heterocycles. The maximum Gasteiger partial charge on any atom is 0.226 e. The lowest BCUT2D eigenvalue weighted by molar-refractivity contribution is -0.145. The highest BCUT2D eigenvalue weighted by molar-refractivity contribution is 5.79. The summed E-state index contributed by atoms with van der Waals surface area (Å²) in [6.07, 6.45) is 3.40. The normalized spacial score (nSPS) is 22.7. The molecule has 1 saturated heterocycles. The predicted octanol–water partition coefficient (Wildman–Crippen LogP) is 1.84. The molecule has 1 amide bonds. The van der Waals surface area contributed by atoms with Crippen molar-refractivity contribution >= 4 is 12.0 Å². The summed E-state index contributed by atoms with van der Waals surface area (Å²) in [7, 11) is 0. The van der Waals surface area contributed by atoms with Crippen molar-refractivity contribution in [2.24, 2.45) is 0 Å². The third-order valence-corrected chi connectivity index (χ3v) is 3.48. The van der Waals surface area contributed by atoms with Crippen LogP contribution in [0.3, 0.4) is 0 Å². The molecular formula is C16H20FNO3. The molecule has 0 aromatic heterocycles. The molecule has 1 aliphatic rings. The van der Waals surface area contributed by atoms with Gasteiger partial charge in [-0.25, -0.2) is 4.39 Å². The van der Waals surface area contributed by atoms with E-state index in [2.05, 4.69) is 0 Å². The Morgan fingerprint density at radius 2 is 2.38 bits per heavy atom. The highest BCUT2D eigenvalue weighted by Gasteiger charge is 2.28. The van der Waals surface area contributed by atoms with Gasteiger partial charge in [-0.15, -0.1) is 0 Å². The van der Waals surface area contributed by atoms with Crippen LogP contribution in [-0.2, 0) is 9.53 Å². The van der Waals surface area contributed by atoms with E-state index in [0.717, 1.165) is 5.56 Å². The van der Waals surface area contributed by atoms with E-state index in [1.54, 1.807) is 29.2 Å². The van der Waals surface area contributed by atoms with E-state index in [9.17, 15) is 9.18 Å². The number of amides is 1. The fourth-order valence-corrected chi connectivity index (χ4v) is 2.30. The smallest absolute Gasteiger partial charge is 0.226 e. The molecule has 2 rings (SSSR count). The number of carbonyl (C=O) groups excluding carboxylic acids is 1. The fourth-order valence-electron chi connectivity index (χ4n) is 2.30. The summed E-state index contributed by atoms with van der Waals surface area (Å²) in [6, 6.07) is 6.21. The number of carbonyl (C=O) groups is 1. The van der Waals surface area contributed by atoms with E-state index in [-0.39, 0.29) is 36.9 Å². The van der Waals surface area contributed by atoms with Gasteiger partial charge < -0.3 is 14.7 Å². The van der Waals surface area contributed by atoms with Crippen LogP contribution in [0, 0.1) is 5.82 Å². The molecule has 0 aliphatic carbocycles. The highest BCUT2D eigenvalue weighted by Crippen LogP contribution is 2.13. The van der Waals surface area contributed by atoms with Crippen molar-refractivity contribution in [3.05, 3.63) is 41.7 Å². The number of hydrogen-bond acceptors (Lipinski definition) is 3. The average molecular weight is 293 g/mol. The van der Waals surface area contributed by atoms with Gasteiger partial charge in [0.2, 0.25) is 5.91 Å². The van der Waals surface area contributed by atoms with Crippen LogP contribution >= 0.6 is 0 Å². The van der Waals surface area contributed by atoms with Crippen LogP contribution in [0.1, 0.15) is 18.9 Å². The number of aliphatic hydroxyl groups excluding tert-OH is 1. The van der Waals surface area contributed by atoms with Crippen LogP contribution in [0.5, 0.6) is 0 Å². The fraction of sp³-hybridized carbons (Fsp3) is 0.438. The van der Waals surface area contributed by atoms with E-state index in [4.69, 9.17) is 9.84 Å². The number of morpholine rings is 1. The van der Waals surface area contributed by atoms with E-state index >= 15 is 0 Å². The monoisotopic (exact) mass is 293 g/mol. The van der Waals surface area contributed by atoms with Crippen LogP contribution in [0.25, 0.3) is 6.08 Å². The van der Waals surface area contributed by atoms with Crippen molar-refractivity contribution in [2.75, 3.05) is 19.8 Å². The number of rotatable bonds is 4. The minimum atomic E-state index is -0.308. The Morgan fingerprint density at radius 1 is 1.57 bits per heavy atom. The molecule has 2 unspecified atom stereocenters. The third kappa shape index (κ3) is 4.37. The molecule has 5 heteroatoms. The maximum atomic E-state index is 13.0. The summed E-state index contributed by atoms with van der Waals surface area (Å²) in [6.45, 7) is 2.67. The second-order valence-corrected chi connectivity index (χ2v) is 5.19. The van der Waals surface area contributed by atoms with Crippen LogP contribution in [-0.4, -0.2) is 47.8 Å². The summed E-state index contributed by atoms with van der Waals surface area (Å²) >= 11 is 0. The first-order chi connectivity index (χ1) is 10.1. The zero-order valence-electron chi connectivity index (χ0n) is 12.0. The van der Waals surface area contributed by atoms with Gasteiger partial charge in [0.15, 0.2) is 0 Å². The number of benzene rings is 1. The van der Waals surface area contributed by atoms with Crippen LogP contribution in [0.15, 0.2) is 30.3 Å². The molecular weight excluding hydrogens is 273 g/mol. The summed E-state index contributed by atoms with van der Waals surface area (Å²) in [4.78, 5) is 13.9. The van der Waals surface area contributed by atoms with Gasteiger partial charge in [0.25, 0.3) is 0 Å². The quantitative estimate of drug-likeness (QED) is 0.921. The Bertz CT molecular complexity index is 518. The Hall–Kier alpha value is -1.72. The van der Waals surface area contributed by atoms with E-state index in [1.807, 2.05) is 6.92 Å². The second-order valence-electron chi connectivity index (χ2n) is 5.19. The third-order valence-electron chi connectivity index (χ3n) is 3.48. The molecule has 4 nitrogen and oxygen atoms in total. The first-order valence-corrected chi connectivity index (χ1v) is 7.04. The molecule has 1 heterocycles. The zero-order chi connectivity index (χ0) is 15.2. The molecule has 0 bridgehead atoms. The number of hydrogen-bond donors (Lipinski definition) is 1. The van der Waals surface area contributed by atoms with E-state index in [1.165, 1.54) is 12.1 Å². The minimum Gasteiger partial charge on any atom is -0.394 e. The van der Waals surface area contributed by atoms with E-state index < -0.39 is 0 Å². The predicted molar refractivity (Wildman–Crippen MR) is 78.1 cm³/mol. The van der Waals surface area contributed by atoms with Crippen molar-refractivity contribution in [3.63, 3.8) is 0 Å². The molecule has 1 aromatic rings. The molecule has 21 heavy (non-hydrogen) atoms. The molecule has 114 valence electrons. The lowest BCUT2D eigenvalue weighted by atomic mass is 10.1. The van der Waals surface area contributed by atoms with Crippen LogP contribution < -0.4 is 0 Å². The van der Waals surface area contributed by atoms with E-state index in [0.29, 0.717) is 13.2 Å². The lowest BCUT2D eigenvalue weighted by Crippen LogP contribution is -2.51. The molecule has 1 aromatic carbocycles. The largest absolute Gasteiger partial charge is 0.394 e. The van der Waals surface area contributed by atoms with Gasteiger partial charge >= 0.3 is 0 Å². The topological polar surface area (TPSA) is 49.8 Å². The lowest BCUT2D eigenvalue weighted by Gasteiger charge is -2.37. The number of halogens is 1. The highest BCUT2D eigenvalue weighted by atomic mass is 19.1. The minimum absolute atomic E-state index is 0.00266. The second kappa shape index (κ2) is 7.33. The van der Waals surface area contributed by atoms with Gasteiger partial charge in [-0.3, -0.25) is 4.79 Å². The van der Waals surface area contributed by atoms with Gasteiger partial charge in [0, 0.05) is 13.0 Å². The first-order valence-electron chi connectivity index (χ1n) is 7.04. The number of aliphatic hydroxyl groups is 1. The van der Waals surface area contributed by atoms with Crippen molar-refractivity contribution in [3.8, 4) is 0 Å². The molecule has 1 N–H and O–H groups in total. The Labute approximate surface area is 123 Å². The molecule has 1 fully saturated rings. The summed E-state index contributed by atoms with van der Waals surface area (Å²) in [5.74, 6) is -0.312. The summed E-state index contributed by atoms with van der Waals surface area (Å²) in [5.41, 5.74) is 0.728. The van der Waals surface area contributed by atoms with Gasteiger partial charge in [-0.1, -0.05) is 24.3 Å². The summed E-state index contributed by atoms with van der Waals surface area (Å²) < 4.78 is 18.4. The number of ether oxygens (including phenoxy) is 1.